The first-order chi connectivity index (χ1) is 17.6. The lowest BCUT2D eigenvalue weighted by Crippen LogP contribution is -2.61. The van der Waals surface area contributed by atoms with Crippen LogP contribution in [-0.2, 0) is 23.9 Å². The van der Waals surface area contributed by atoms with Gasteiger partial charge in [0.05, 0.1) is 6.04 Å². The molecule has 2 saturated carbocycles. The molecular formula is C26H39F3N4O6. The number of carbonyl (C=O) groups excluding carboxylic acids is 5. The van der Waals surface area contributed by atoms with E-state index in [0.29, 0.717) is 13.8 Å². The van der Waals surface area contributed by atoms with Crippen molar-refractivity contribution < 1.29 is 41.9 Å². The van der Waals surface area contributed by atoms with Crippen LogP contribution in [0.25, 0.3) is 0 Å². The highest BCUT2D eigenvalue weighted by molar-refractivity contribution is 6.37. The molecule has 4 amide bonds. The quantitative estimate of drug-likeness (QED) is 0.369. The molecule has 5 unspecified atom stereocenters. The van der Waals surface area contributed by atoms with Crippen LogP contribution in [-0.4, -0.2) is 70.9 Å². The first-order valence-electron chi connectivity index (χ1n) is 13.1. The zero-order valence-corrected chi connectivity index (χ0v) is 23.4. The normalized spacial score (nSPS) is 25.7. The van der Waals surface area contributed by atoms with Crippen LogP contribution in [0, 0.1) is 28.6 Å². The summed E-state index contributed by atoms with van der Waals surface area (Å²) in [6, 6.07) is -3.44. The van der Waals surface area contributed by atoms with Gasteiger partial charge >= 0.3 is 12.3 Å². The maximum absolute atomic E-state index is 13.8. The molecule has 3 fully saturated rings. The first kappa shape index (κ1) is 30.7. The van der Waals surface area contributed by atoms with Crippen molar-refractivity contribution in [2.75, 3.05) is 6.54 Å². The number of alkyl halides is 3. The summed E-state index contributed by atoms with van der Waals surface area (Å²) >= 11 is 0. The molecule has 5 atom stereocenters. The van der Waals surface area contributed by atoms with Crippen molar-refractivity contribution in [3.05, 3.63) is 0 Å². The van der Waals surface area contributed by atoms with Crippen molar-refractivity contribution in [1.29, 1.82) is 0 Å². The molecule has 3 aliphatic rings. The molecule has 1 aliphatic heterocycles. The zero-order valence-electron chi connectivity index (χ0n) is 23.4. The summed E-state index contributed by atoms with van der Waals surface area (Å²) in [4.78, 5) is 65.2. The Morgan fingerprint density at radius 1 is 1.03 bits per heavy atom. The molecule has 0 radical (unpaired) electrons. The van der Waals surface area contributed by atoms with Crippen molar-refractivity contribution in [1.82, 2.24) is 15.5 Å². The van der Waals surface area contributed by atoms with E-state index in [-0.39, 0.29) is 36.1 Å². The average Bonchev–Trinajstić information content (AvgIpc) is 3.61. The summed E-state index contributed by atoms with van der Waals surface area (Å²) in [5.41, 5.74) is 1.16. The lowest BCUT2D eigenvalue weighted by Gasteiger charge is -2.38. The number of fused-ring (bicyclic) bond motifs is 1. The maximum Gasteiger partial charge on any atom is 0.427 e. The van der Waals surface area contributed by atoms with E-state index < -0.39 is 64.9 Å². The third kappa shape index (κ3) is 6.32. The van der Waals surface area contributed by atoms with Gasteiger partial charge in [-0.2, -0.15) is 13.2 Å². The standard InChI is InChI=1S/C26H39F3N4O6/c1-23(2,3)18(32-22(38)39-25(6,7)26(27,28)29)21(37)33-11-13-15(24(13,4)5)16(33)20(36)31-14(10-12-8-9-12)17(34)19(30)35/h12-16,18H,8-11H2,1-7H3,(H2,30,35)(H,31,36)(H,32,38). The number of nitrogens with one attached hydrogen (secondary N) is 2. The summed E-state index contributed by atoms with van der Waals surface area (Å²) in [5.74, 6) is -3.45. The number of carbonyl (C=O) groups is 5. The number of ketones is 1. The molecule has 10 nitrogen and oxygen atoms in total. The van der Waals surface area contributed by atoms with E-state index >= 15 is 0 Å². The topological polar surface area (TPSA) is 148 Å². The Bertz CT molecular complexity index is 1050. The predicted octanol–water partition coefficient (Wildman–Crippen LogP) is 2.29. The molecule has 4 N–H and O–H groups in total. The van der Waals surface area contributed by atoms with Gasteiger partial charge in [0, 0.05) is 6.54 Å². The fourth-order valence-electron chi connectivity index (χ4n) is 5.41. The molecule has 0 bridgehead atoms. The number of piperidine rings is 1. The second-order valence-electron chi connectivity index (χ2n) is 13.2. The minimum Gasteiger partial charge on any atom is -0.434 e. The van der Waals surface area contributed by atoms with Crippen LogP contribution in [0.4, 0.5) is 18.0 Å². The Kier molecular flexibility index (Phi) is 7.83. The summed E-state index contributed by atoms with van der Waals surface area (Å²) in [6.45, 7) is 10.4. The molecule has 0 spiro atoms. The van der Waals surface area contributed by atoms with Gasteiger partial charge in [0.1, 0.15) is 12.1 Å². The fraction of sp³-hybridized carbons (Fsp3) is 0.808. The summed E-state index contributed by atoms with van der Waals surface area (Å²) in [7, 11) is 0. The third-order valence-corrected chi connectivity index (χ3v) is 8.31. The highest BCUT2D eigenvalue weighted by Crippen LogP contribution is 2.65. The Hall–Kier alpha value is -2.86. The van der Waals surface area contributed by atoms with E-state index in [4.69, 9.17) is 5.73 Å². The molecular weight excluding hydrogens is 521 g/mol. The number of amides is 4. The lowest BCUT2D eigenvalue weighted by atomic mass is 9.85. The van der Waals surface area contributed by atoms with E-state index in [1.807, 2.05) is 13.8 Å². The molecule has 0 aromatic carbocycles. The summed E-state index contributed by atoms with van der Waals surface area (Å²) in [5, 5.41) is 4.92. The van der Waals surface area contributed by atoms with Crippen molar-refractivity contribution in [2.45, 2.75) is 97.6 Å². The number of primary amides is 1. The van der Waals surface area contributed by atoms with Crippen LogP contribution in [0.3, 0.4) is 0 Å². The van der Waals surface area contributed by atoms with Gasteiger partial charge in [-0.15, -0.1) is 0 Å². The Labute approximate surface area is 225 Å². The second-order valence-corrected chi connectivity index (χ2v) is 13.2. The Balaban J connectivity index is 1.83. The SMILES string of the molecule is CC(C)(C)C(NC(=O)OC(C)(C)C(F)(F)F)C(=O)N1CC2C(C1C(=O)NC(CC1CC1)C(=O)C(N)=O)C2(C)C. The minimum absolute atomic E-state index is 0.0392. The Morgan fingerprint density at radius 2 is 1.59 bits per heavy atom. The number of hydrogen-bond donors (Lipinski definition) is 3. The van der Waals surface area contributed by atoms with Crippen LogP contribution in [0.15, 0.2) is 0 Å². The van der Waals surface area contributed by atoms with Crippen molar-refractivity contribution in [3.8, 4) is 0 Å². The average molecular weight is 561 g/mol. The number of ether oxygens (including phenoxy) is 1. The van der Waals surface area contributed by atoms with Gasteiger partial charge in [-0.1, -0.05) is 47.5 Å². The van der Waals surface area contributed by atoms with Crippen molar-refractivity contribution in [3.63, 3.8) is 0 Å². The van der Waals surface area contributed by atoms with Gasteiger partial charge in [-0.25, -0.2) is 4.79 Å². The van der Waals surface area contributed by atoms with Gasteiger partial charge < -0.3 is 26.0 Å². The fourth-order valence-corrected chi connectivity index (χ4v) is 5.41. The summed E-state index contributed by atoms with van der Waals surface area (Å²) in [6.07, 6.45) is -4.27. The van der Waals surface area contributed by atoms with Crippen LogP contribution < -0.4 is 16.4 Å². The van der Waals surface area contributed by atoms with Gasteiger partial charge in [0.2, 0.25) is 23.2 Å². The lowest BCUT2D eigenvalue weighted by molar-refractivity contribution is -0.244. The number of nitrogens with zero attached hydrogens (tertiary/aromatic N) is 1. The number of nitrogens with two attached hydrogens (primary N) is 1. The van der Waals surface area contributed by atoms with Crippen molar-refractivity contribution >= 4 is 29.6 Å². The third-order valence-electron chi connectivity index (χ3n) is 8.31. The number of Topliss-reactive ketones (excluding diaryl/α,β-unsaturated/α-hetero) is 1. The maximum atomic E-state index is 13.8. The van der Waals surface area contributed by atoms with Crippen LogP contribution >= 0.6 is 0 Å². The first-order valence-corrected chi connectivity index (χ1v) is 13.1. The Morgan fingerprint density at radius 3 is 2.05 bits per heavy atom. The highest BCUT2D eigenvalue weighted by atomic mass is 19.4. The number of likely N-dealkylation sites (tertiary alicyclic amines) is 1. The van der Waals surface area contributed by atoms with E-state index in [0.717, 1.165) is 12.8 Å². The molecule has 0 aromatic rings. The molecule has 39 heavy (non-hydrogen) atoms. The number of hydrogen-bond acceptors (Lipinski definition) is 6. The van der Waals surface area contributed by atoms with Gasteiger partial charge in [-0.3, -0.25) is 19.2 Å². The number of rotatable bonds is 9. The molecule has 220 valence electrons. The van der Waals surface area contributed by atoms with E-state index in [2.05, 4.69) is 15.4 Å². The molecule has 2 aliphatic carbocycles. The smallest absolute Gasteiger partial charge is 0.427 e. The summed E-state index contributed by atoms with van der Waals surface area (Å²) < 4.78 is 44.4. The van der Waals surface area contributed by atoms with E-state index in [1.54, 1.807) is 20.8 Å². The van der Waals surface area contributed by atoms with Gasteiger partial charge in [-0.05, 0) is 48.9 Å². The number of alkyl carbamates (subject to hydrolysis) is 1. The monoisotopic (exact) mass is 560 g/mol. The number of halogens is 3. The second kappa shape index (κ2) is 9.96. The van der Waals surface area contributed by atoms with Crippen LogP contribution in [0.1, 0.15) is 67.7 Å². The van der Waals surface area contributed by atoms with Gasteiger partial charge in [0.25, 0.3) is 5.91 Å². The molecule has 1 heterocycles. The predicted molar refractivity (Wildman–Crippen MR) is 133 cm³/mol. The van der Waals surface area contributed by atoms with Gasteiger partial charge in [0.15, 0.2) is 0 Å². The molecule has 3 rings (SSSR count). The molecule has 0 aromatic heterocycles. The molecule has 13 heteroatoms. The minimum atomic E-state index is -4.84. The largest absolute Gasteiger partial charge is 0.434 e. The zero-order chi connectivity index (χ0) is 29.9. The highest BCUT2D eigenvalue weighted by Gasteiger charge is 2.70. The van der Waals surface area contributed by atoms with Crippen LogP contribution in [0.2, 0.25) is 0 Å². The molecule has 1 saturated heterocycles. The van der Waals surface area contributed by atoms with Crippen LogP contribution in [0.5, 0.6) is 0 Å². The van der Waals surface area contributed by atoms with E-state index in [1.165, 1.54) is 4.90 Å². The van der Waals surface area contributed by atoms with Crippen molar-refractivity contribution in [2.24, 2.45) is 34.3 Å². The van der Waals surface area contributed by atoms with E-state index in [9.17, 15) is 37.1 Å².